The SMILES string of the molecule is CCN(c1ccccc1C)S(=O)(=O)c1cccnc1C#N. The Kier molecular flexibility index (Phi) is 4.24. The second kappa shape index (κ2) is 5.94. The van der Waals surface area contributed by atoms with Gasteiger partial charge in [0.2, 0.25) is 0 Å². The van der Waals surface area contributed by atoms with Gasteiger partial charge in [-0.1, -0.05) is 18.2 Å². The van der Waals surface area contributed by atoms with Crippen LogP contribution in [-0.2, 0) is 10.0 Å². The molecule has 0 amide bonds. The lowest BCUT2D eigenvalue weighted by Gasteiger charge is -2.24. The van der Waals surface area contributed by atoms with Crippen molar-refractivity contribution in [1.29, 1.82) is 5.26 Å². The fraction of sp³-hybridized carbons (Fsp3) is 0.200. The molecule has 1 aromatic carbocycles. The van der Waals surface area contributed by atoms with Gasteiger partial charge < -0.3 is 0 Å². The van der Waals surface area contributed by atoms with E-state index in [9.17, 15) is 8.42 Å². The van der Waals surface area contributed by atoms with Gasteiger partial charge in [0.25, 0.3) is 10.0 Å². The monoisotopic (exact) mass is 301 g/mol. The molecule has 21 heavy (non-hydrogen) atoms. The maximum Gasteiger partial charge on any atom is 0.267 e. The van der Waals surface area contributed by atoms with Crippen LogP contribution in [0.2, 0.25) is 0 Å². The maximum absolute atomic E-state index is 12.8. The number of anilines is 1. The van der Waals surface area contributed by atoms with Gasteiger partial charge in [-0.3, -0.25) is 4.31 Å². The first-order valence-electron chi connectivity index (χ1n) is 6.46. The van der Waals surface area contributed by atoms with Crippen molar-refractivity contribution >= 4 is 15.7 Å². The molecule has 0 saturated heterocycles. The van der Waals surface area contributed by atoms with Gasteiger partial charge in [0.1, 0.15) is 11.0 Å². The molecule has 0 unspecified atom stereocenters. The van der Waals surface area contributed by atoms with Crippen LogP contribution in [0.4, 0.5) is 5.69 Å². The maximum atomic E-state index is 12.8. The highest BCUT2D eigenvalue weighted by Crippen LogP contribution is 2.27. The van der Waals surface area contributed by atoms with E-state index < -0.39 is 10.0 Å². The van der Waals surface area contributed by atoms with E-state index in [1.54, 1.807) is 19.1 Å². The summed E-state index contributed by atoms with van der Waals surface area (Å²) in [4.78, 5) is 3.76. The van der Waals surface area contributed by atoms with E-state index >= 15 is 0 Å². The molecule has 6 heteroatoms. The third-order valence-electron chi connectivity index (χ3n) is 3.12. The third-order valence-corrected chi connectivity index (χ3v) is 5.04. The van der Waals surface area contributed by atoms with Gasteiger partial charge in [-0.15, -0.1) is 0 Å². The van der Waals surface area contributed by atoms with Gasteiger partial charge in [0.15, 0.2) is 5.69 Å². The van der Waals surface area contributed by atoms with E-state index in [0.29, 0.717) is 5.69 Å². The fourth-order valence-corrected chi connectivity index (χ4v) is 3.75. The van der Waals surface area contributed by atoms with Crippen molar-refractivity contribution in [2.24, 2.45) is 0 Å². The number of benzene rings is 1. The molecule has 2 rings (SSSR count). The summed E-state index contributed by atoms with van der Waals surface area (Å²) in [6.07, 6.45) is 1.40. The predicted molar refractivity (Wildman–Crippen MR) is 80.3 cm³/mol. The fourth-order valence-electron chi connectivity index (χ4n) is 2.11. The first-order valence-corrected chi connectivity index (χ1v) is 7.90. The molecular formula is C15H15N3O2S. The average Bonchev–Trinajstić information content (AvgIpc) is 2.49. The summed E-state index contributed by atoms with van der Waals surface area (Å²) in [7, 11) is -3.82. The van der Waals surface area contributed by atoms with Crippen molar-refractivity contribution in [3.05, 3.63) is 53.9 Å². The summed E-state index contributed by atoms with van der Waals surface area (Å²) in [5, 5.41) is 9.07. The number of hydrogen-bond donors (Lipinski definition) is 0. The van der Waals surface area contributed by atoms with Crippen LogP contribution < -0.4 is 4.31 Å². The highest BCUT2D eigenvalue weighted by Gasteiger charge is 2.27. The molecule has 0 saturated carbocycles. The molecule has 5 nitrogen and oxygen atoms in total. The molecule has 0 bridgehead atoms. The Hall–Kier alpha value is -2.39. The lowest BCUT2D eigenvalue weighted by molar-refractivity contribution is 0.591. The standard InChI is InChI=1S/C15H15N3O2S/c1-3-18(14-8-5-4-7-12(14)2)21(19,20)15-9-6-10-17-13(15)11-16/h4-10H,3H2,1-2H3. The first-order chi connectivity index (χ1) is 10.0. The zero-order chi connectivity index (χ0) is 15.5. The smallest absolute Gasteiger partial charge is 0.266 e. The topological polar surface area (TPSA) is 74.1 Å². The zero-order valence-electron chi connectivity index (χ0n) is 11.8. The molecule has 0 N–H and O–H groups in total. The van der Waals surface area contributed by atoms with E-state index in [4.69, 9.17) is 5.26 Å². The molecule has 0 fully saturated rings. The van der Waals surface area contributed by atoms with Crippen molar-refractivity contribution in [3.8, 4) is 6.07 Å². The summed E-state index contributed by atoms with van der Waals surface area (Å²) in [5.41, 5.74) is 1.36. The number of rotatable bonds is 4. The molecule has 0 aliphatic carbocycles. The Balaban J connectivity index is 2.62. The largest absolute Gasteiger partial charge is 0.267 e. The number of aromatic nitrogens is 1. The van der Waals surface area contributed by atoms with Crippen LogP contribution >= 0.6 is 0 Å². The Morgan fingerprint density at radius 1 is 1.24 bits per heavy atom. The second-order valence-electron chi connectivity index (χ2n) is 4.42. The van der Waals surface area contributed by atoms with Crippen molar-refractivity contribution < 1.29 is 8.42 Å². The third kappa shape index (κ3) is 2.73. The molecule has 0 aliphatic heterocycles. The minimum Gasteiger partial charge on any atom is -0.266 e. The Labute approximate surface area is 124 Å². The predicted octanol–water partition coefficient (Wildman–Crippen LogP) is 2.48. The summed E-state index contributed by atoms with van der Waals surface area (Å²) in [5.74, 6) is 0. The van der Waals surface area contributed by atoms with E-state index in [1.165, 1.54) is 22.6 Å². The lowest BCUT2D eigenvalue weighted by atomic mass is 10.2. The van der Waals surface area contributed by atoms with Crippen LogP contribution in [-0.4, -0.2) is 19.9 Å². The number of nitriles is 1. The van der Waals surface area contributed by atoms with Crippen molar-refractivity contribution in [2.75, 3.05) is 10.8 Å². The number of hydrogen-bond acceptors (Lipinski definition) is 4. The molecule has 0 atom stereocenters. The summed E-state index contributed by atoms with van der Waals surface area (Å²) < 4.78 is 27.0. The number of nitrogens with zero attached hydrogens (tertiary/aromatic N) is 3. The van der Waals surface area contributed by atoms with Crippen molar-refractivity contribution in [2.45, 2.75) is 18.7 Å². The highest BCUT2D eigenvalue weighted by atomic mass is 32.2. The van der Waals surface area contributed by atoms with Crippen molar-refractivity contribution in [1.82, 2.24) is 4.98 Å². The number of sulfonamides is 1. The van der Waals surface area contributed by atoms with Crippen molar-refractivity contribution in [3.63, 3.8) is 0 Å². The Morgan fingerprint density at radius 3 is 2.57 bits per heavy atom. The summed E-state index contributed by atoms with van der Waals surface area (Å²) >= 11 is 0. The molecule has 1 heterocycles. The molecule has 1 aromatic heterocycles. The second-order valence-corrected chi connectivity index (χ2v) is 6.25. The summed E-state index contributed by atoms with van der Waals surface area (Å²) in [6.45, 7) is 3.88. The minimum absolute atomic E-state index is 0.0717. The zero-order valence-corrected chi connectivity index (χ0v) is 12.6. The van der Waals surface area contributed by atoms with Crippen LogP contribution in [0.25, 0.3) is 0 Å². The molecule has 0 aliphatic rings. The van der Waals surface area contributed by atoms with Crippen LogP contribution in [0.15, 0.2) is 47.5 Å². The quantitative estimate of drug-likeness (QED) is 0.869. The van der Waals surface area contributed by atoms with Gasteiger partial charge in [-0.25, -0.2) is 13.4 Å². The van der Waals surface area contributed by atoms with E-state index in [-0.39, 0.29) is 17.1 Å². The molecule has 0 spiro atoms. The molecule has 108 valence electrons. The molecule has 0 radical (unpaired) electrons. The van der Waals surface area contributed by atoms with Crippen LogP contribution in [0.1, 0.15) is 18.2 Å². The Bertz CT molecular complexity index is 795. The van der Waals surface area contributed by atoms with Gasteiger partial charge in [0, 0.05) is 12.7 Å². The van der Waals surface area contributed by atoms with Gasteiger partial charge in [0.05, 0.1) is 5.69 Å². The minimum atomic E-state index is -3.82. The molecule has 2 aromatic rings. The normalized spacial score (nSPS) is 10.9. The van der Waals surface area contributed by atoms with Crippen LogP contribution in [0, 0.1) is 18.3 Å². The van der Waals surface area contributed by atoms with Gasteiger partial charge in [-0.2, -0.15) is 5.26 Å². The van der Waals surface area contributed by atoms with E-state index in [0.717, 1.165) is 5.56 Å². The first kappa shape index (κ1) is 15.0. The lowest BCUT2D eigenvalue weighted by Crippen LogP contribution is -2.32. The number of aryl methyl sites for hydroxylation is 1. The number of pyridine rings is 1. The van der Waals surface area contributed by atoms with Crippen LogP contribution in [0.3, 0.4) is 0 Å². The van der Waals surface area contributed by atoms with Gasteiger partial charge in [-0.05, 0) is 37.6 Å². The van der Waals surface area contributed by atoms with E-state index in [1.807, 2.05) is 25.1 Å². The summed E-state index contributed by atoms with van der Waals surface area (Å²) in [6, 6.07) is 12.0. The molecular weight excluding hydrogens is 286 g/mol. The average molecular weight is 301 g/mol. The highest BCUT2D eigenvalue weighted by molar-refractivity contribution is 7.92. The van der Waals surface area contributed by atoms with Crippen LogP contribution in [0.5, 0.6) is 0 Å². The number of para-hydroxylation sites is 1. The van der Waals surface area contributed by atoms with Gasteiger partial charge >= 0.3 is 0 Å². The van der Waals surface area contributed by atoms with E-state index in [2.05, 4.69) is 4.98 Å². The Morgan fingerprint density at radius 2 is 1.95 bits per heavy atom.